The molecule has 1 saturated carbocycles. The largest absolute Gasteiger partial charge is 0.396 e. The molecule has 0 aromatic carbocycles. The molecule has 27 heavy (non-hydrogen) atoms. The highest BCUT2D eigenvalue weighted by atomic mass is 19.3. The van der Waals surface area contributed by atoms with Crippen LogP contribution in [0.1, 0.15) is 43.8 Å². The van der Waals surface area contributed by atoms with E-state index in [4.69, 9.17) is 4.74 Å². The van der Waals surface area contributed by atoms with Crippen molar-refractivity contribution in [2.75, 3.05) is 37.8 Å². The van der Waals surface area contributed by atoms with Crippen LogP contribution < -0.4 is 4.90 Å². The van der Waals surface area contributed by atoms with Crippen molar-refractivity contribution in [3.63, 3.8) is 0 Å². The van der Waals surface area contributed by atoms with Gasteiger partial charge in [-0.2, -0.15) is 10.2 Å². The van der Waals surface area contributed by atoms with Crippen LogP contribution in [0.15, 0.2) is 18.5 Å². The molecule has 2 aliphatic rings. The smallest absolute Gasteiger partial charge is 0.282 e. The number of rotatable bonds is 5. The minimum absolute atomic E-state index is 0.0621. The highest BCUT2D eigenvalue weighted by Gasteiger charge is 2.30. The lowest BCUT2D eigenvalue weighted by molar-refractivity contribution is 0.121. The number of alkyl halides is 2. The van der Waals surface area contributed by atoms with Gasteiger partial charge in [0.25, 0.3) is 6.43 Å². The summed E-state index contributed by atoms with van der Waals surface area (Å²) in [5.41, 5.74) is 0.251. The molecule has 2 aromatic heterocycles. The Labute approximate surface area is 156 Å². The summed E-state index contributed by atoms with van der Waals surface area (Å²) >= 11 is 0. The third kappa shape index (κ3) is 3.58. The van der Waals surface area contributed by atoms with Gasteiger partial charge in [-0.3, -0.25) is 4.68 Å². The molecule has 1 saturated heterocycles. The third-order valence-electron chi connectivity index (χ3n) is 5.63. The predicted molar refractivity (Wildman–Crippen MR) is 95.4 cm³/mol. The van der Waals surface area contributed by atoms with E-state index in [1.54, 1.807) is 10.9 Å². The zero-order valence-corrected chi connectivity index (χ0v) is 15.2. The minimum atomic E-state index is -2.64. The Morgan fingerprint density at radius 3 is 2.56 bits per heavy atom. The molecule has 2 fully saturated rings. The van der Waals surface area contributed by atoms with Crippen molar-refractivity contribution in [2.24, 2.45) is 5.92 Å². The van der Waals surface area contributed by atoms with Crippen molar-refractivity contribution in [3.05, 3.63) is 24.2 Å². The maximum Gasteiger partial charge on any atom is 0.282 e. The molecule has 7 nitrogen and oxygen atoms in total. The number of ether oxygens (including phenoxy) is 1. The molecule has 0 spiro atoms. The van der Waals surface area contributed by atoms with Gasteiger partial charge >= 0.3 is 0 Å². The van der Waals surface area contributed by atoms with Crippen LogP contribution in [0.25, 0.3) is 5.69 Å². The average molecular weight is 381 g/mol. The Morgan fingerprint density at radius 1 is 1.15 bits per heavy atom. The Bertz CT molecular complexity index is 749. The number of aromatic nitrogens is 4. The molecule has 0 radical (unpaired) electrons. The molecular formula is C18H25F2N5O2. The number of anilines is 1. The maximum atomic E-state index is 14.0. The van der Waals surface area contributed by atoms with Gasteiger partial charge in [-0.05, 0) is 31.6 Å². The molecule has 3 heterocycles. The number of nitrogens with zero attached hydrogens (tertiary/aromatic N) is 5. The van der Waals surface area contributed by atoms with E-state index in [9.17, 15) is 13.9 Å². The molecular weight excluding hydrogens is 356 g/mol. The van der Waals surface area contributed by atoms with Crippen molar-refractivity contribution >= 4 is 5.82 Å². The fraction of sp³-hybridized carbons (Fsp3) is 0.667. The summed E-state index contributed by atoms with van der Waals surface area (Å²) in [5.74, 6) is 1.05. The van der Waals surface area contributed by atoms with E-state index >= 15 is 0 Å². The first-order valence-electron chi connectivity index (χ1n) is 9.52. The summed E-state index contributed by atoms with van der Waals surface area (Å²) in [6, 6.07) is 1.78. The van der Waals surface area contributed by atoms with E-state index in [-0.39, 0.29) is 24.3 Å². The van der Waals surface area contributed by atoms with E-state index in [0.717, 1.165) is 31.5 Å². The lowest BCUT2D eigenvalue weighted by Crippen LogP contribution is -2.37. The van der Waals surface area contributed by atoms with Gasteiger partial charge in [0.15, 0.2) is 0 Å². The minimum Gasteiger partial charge on any atom is -0.396 e. The zero-order chi connectivity index (χ0) is 18.8. The highest BCUT2D eigenvalue weighted by Crippen LogP contribution is 2.37. The van der Waals surface area contributed by atoms with Crippen LogP contribution in [-0.4, -0.2) is 57.6 Å². The monoisotopic (exact) mass is 381 g/mol. The molecule has 4 rings (SSSR count). The molecule has 0 unspecified atom stereocenters. The van der Waals surface area contributed by atoms with E-state index in [0.29, 0.717) is 32.0 Å². The molecule has 1 aliphatic carbocycles. The molecule has 1 N–H and O–H groups in total. The summed E-state index contributed by atoms with van der Waals surface area (Å²) < 4.78 is 36.4. The van der Waals surface area contributed by atoms with Gasteiger partial charge in [-0.1, -0.05) is 0 Å². The number of aliphatic hydroxyl groups excluding tert-OH is 1. The SMILES string of the molecule is OCC1CCC(n2ncc(-n3nccc3N3CCOCC3)c2C(F)F)CC1. The van der Waals surface area contributed by atoms with E-state index in [1.165, 1.54) is 10.9 Å². The van der Waals surface area contributed by atoms with Gasteiger partial charge in [-0.25, -0.2) is 13.5 Å². The number of hydrogen-bond acceptors (Lipinski definition) is 5. The van der Waals surface area contributed by atoms with E-state index in [2.05, 4.69) is 15.1 Å². The first-order chi connectivity index (χ1) is 13.2. The van der Waals surface area contributed by atoms with Gasteiger partial charge < -0.3 is 14.7 Å². The van der Waals surface area contributed by atoms with Gasteiger partial charge in [0.05, 0.1) is 31.6 Å². The van der Waals surface area contributed by atoms with Crippen LogP contribution in [-0.2, 0) is 4.74 Å². The van der Waals surface area contributed by atoms with Gasteiger partial charge in [0.2, 0.25) is 0 Å². The topological polar surface area (TPSA) is 68.3 Å². The summed E-state index contributed by atoms with van der Waals surface area (Å²) in [6.45, 7) is 2.79. The normalized spacial score (nSPS) is 23.9. The lowest BCUT2D eigenvalue weighted by Gasteiger charge is -2.29. The number of morpholine rings is 1. The molecule has 0 bridgehead atoms. The molecule has 9 heteroatoms. The van der Waals surface area contributed by atoms with Crippen LogP contribution in [0, 0.1) is 5.92 Å². The van der Waals surface area contributed by atoms with Crippen LogP contribution in [0.4, 0.5) is 14.6 Å². The summed E-state index contributed by atoms with van der Waals surface area (Å²) in [4.78, 5) is 2.09. The van der Waals surface area contributed by atoms with E-state index < -0.39 is 6.43 Å². The third-order valence-corrected chi connectivity index (χ3v) is 5.63. The molecule has 0 atom stereocenters. The first-order valence-corrected chi connectivity index (χ1v) is 9.52. The Kier molecular flexibility index (Phi) is 5.40. The molecule has 1 aliphatic heterocycles. The van der Waals surface area contributed by atoms with Gasteiger partial charge in [0.1, 0.15) is 17.2 Å². The van der Waals surface area contributed by atoms with Gasteiger partial charge in [-0.15, -0.1) is 0 Å². The second-order valence-corrected chi connectivity index (χ2v) is 7.22. The van der Waals surface area contributed by atoms with Crippen LogP contribution >= 0.6 is 0 Å². The van der Waals surface area contributed by atoms with E-state index in [1.807, 2.05) is 6.07 Å². The highest BCUT2D eigenvalue weighted by molar-refractivity contribution is 5.48. The van der Waals surface area contributed by atoms with Crippen molar-refractivity contribution in [1.29, 1.82) is 0 Å². The quantitative estimate of drug-likeness (QED) is 0.862. The molecule has 0 amide bonds. The van der Waals surface area contributed by atoms with Crippen molar-refractivity contribution in [3.8, 4) is 5.69 Å². The fourth-order valence-corrected chi connectivity index (χ4v) is 4.11. The Balaban J connectivity index is 1.65. The van der Waals surface area contributed by atoms with Crippen LogP contribution in [0.5, 0.6) is 0 Å². The van der Waals surface area contributed by atoms with Crippen molar-refractivity contribution in [1.82, 2.24) is 19.6 Å². The summed E-state index contributed by atoms with van der Waals surface area (Å²) in [6.07, 6.45) is 3.66. The summed E-state index contributed by atoms with van der Waals surface area (Å²) in [7, 11) is 0. The Morgan fingerprint density at radius 2 is 1.89 bits per heavy atom. The standard InChI is InChI=1S/C18H25F2N5O2/c19-18(20)17-15(11-22-24(17)14-3-1-13(12-26)2-4-14)25-16(5-6-21-25)23-7-9-27-10-8-23/h5-6,11,13-14,18,26H,1-4,7-10,12H2. The summed E-state index contributed by atoms with van der Waals surface area (Å²) in [5, 5.41) is 17.9. The number of halogens is 2. The Hall–Kier alpha value is -2.00. The first kappa shape index (κ1) is 18.4. The lowest BCUT2D eigenvalue weighted by atomic mass is 9.86. The van der Waals surface area contributed by atoms with Crippen LogP contribution in [0.2, 0.25) is 0 Å². The van der Waals surface area contributed by atoms with Gasteiger partial charge in [0, 0.05) is 25.8 Å². The average Bonchev–Trinajstić information content (AvgIpc) is 3.35. The van der Waals surface area contributed by atoms with Crippen LogP contribution in [0.3, 0.4) is 0 Å². The zero-order valence-electron chi connectivity index (χ0n) is 15.2. The molecule has 148 valence electrons. The second kappa shape index (κ2) is 7.93. The number of hydrogen-bond donors (Lipinski definition) is 1. The van der Waals surface area contributed by atoms with Crippen molar-refractivity contribution in [2.45, 2.75) is 38.2 Å². The number of aliphatic hydroxyl groups is 1. The van der Waals surface area contributed by atoms with Crippen molar-refractivity contribution < 1.29 is 18.6 Å². The second-order valence-electron chi connectivity index (χ2n) is 7.22. The molecule has 2 aromatic rings. The fourth-order valence-electron chi connectivity index (χ4n) is 4.11. The maximum absolute atomic E-state index is 14.0. The predicted octanol–water partition coefficient (Wildman–Crippen LogP) is 2.57.